The number of aryl methyl sites for hydroxylation is 1. The summed E-state index contributed by atoms with van der Waals surface area (Å²) in [5, 5.41) is 3.56. The van der Waals surface area contributed by atoms with Crippen molar-refractivity contribution >= 4 is 0 Å². The second-order valence-corrected chi connectivity index (χ2v) is 5.16. The molecular weight excluding hydrogens is 208 g/mol. The van der Waals surface area contributed by atoms with Crippen LogP contribution in [-0.2, 0) is 0 Å². The summed E-state index contributed by atoms with van der Waals surface area (Å²) in [6.07, 6.45) is 0. The van der Waals surface area contributed by atoms with Crippen LogP contribution in [0.4, 0.5) is 0 Å². The van der Waals surface area contributed by atoms with Crippen molar-refractivity contribution in [1.29, 1.82) is 0 Å². The molecule has 0 fully saturated rings. The monoisotopic (exact) mass is 234 g/mol. The fourth-order valence-corrected chi connectivity index (χ4v) is 1.69. The number of rotatable bonds is 6. The van der Waals surface area contributed by atoms with Gasteiger partial charge in [-0.05, 0) is 40.3 Å². The predicted octanol–water partition coefficient (Wildman–Crippen LogP) is 2.99. The van der Waals surface area contributed by atoms with Gasteiger partial charge in [0.15, 0.2) is 0 Å². The summed E-state index contributed by atoms with van der Waals surface area (Å²) >= 11 is 0. The van der Waals surface area contributed by atoms with Crippen molar-refractivity contribution in [2.75, 3.05) is 20.1 Å². The van der Waals surface area contributed by atoms with Crippen molar-refractivity contribution in [3.63, 3.8) is 0 Å². The number of nitrogens with one attached hydrogen (secondary N) is 1. The van der Waals surface area contributed by atoms with Gasteiger partial charge in [0.2, 0.25) is 0 Å². The molecule has 2 heteroatoms. The molecule has 0 aliphatic rings. The second kappa shape index (κ2) is 6.77. The van der Waals surface area contributed by atoms with Crippen LogP contribution in [0.1, 0.15) is 37.9 Å². The molecule has 0 bridgehead atoms. The highest BCUT2D eigenvalue weighted by Crippen LogP contribution is 2.12. The van der Waals surface area contributed by atoms with Crippen molar-refractivity contribution in [3.05, 3.63) is 35.4 Å². The van der Waals surface area contributed by atoms with Crippen LogP contribution in [0.25, 0.3) is 0 Å². The zero-order valence-electron chi connectivity index (χ0n) is 11.8. The first-order valence-corrected chi connectivity index (χ1v) is 6.51. The van der Waals surface area contributed by atoms with Crippen LogP contribution in [0.5, 0.6) is 0 Å². The van der Waals surface area contributed by atoms with Crippen molar-refractivity contribution in [2.24, 2.45) is 0 Å². The first kappa shape index (κ1) is 14.2. The average Bonchev–Trinajstić information content (AvgIpc) is 2.29. The lowest BCUT2D eigenvalue weighted by molar-refractivity contribution is 0.270. The van der Waals surface area contributed by atoms with Gasteiger partial charge in [0, 0.05) is 25.2 Å². The second-order valence-electron chi connectivity index (χ2n) is 5.16. The maximum Gasteiger partial charge on any atom is 0.0292 e. The molecule has 0 aliphatic heterocycles. The van der Waals surface area contributed by atoms with E-state index in [1.807, 2.05) is 0 Å². The van der Waals surface area contributed by atoms with E-state index in [2.05, 4.69) is 69.2 Å². The largest absolute Gasteiger partial charge is 0.309 e. The van der Waals surface area contributed by atoms with Gasteiger partial charge >= 0.3 is 0 Å². The molecule has 1 N–H and O–H groups in total. The van der Waals surface area contributed by atoms with E-state index in [9.17, 15) is 0 Å². The van der Waals surface area contributed by atoms with Gasteiger partial charge < -0.3 is 10.2 Å². The third-order valence-electron chi connectivity index (χ3n) is 3.37. The Hall–Kier alpha value is -0.860. The van der Waals surface area contributed by atoms with Gasteiger partial charge in [-0.3, -0.25) is 0 Å². The standard InChI is InChI=1S/C15H26N2/c1-12(2)17(5)11-10-16-14(4)15-8-6-13(3)7-9-15/h6-9,12,14,16H,10-11H2,1-5H3. The normalized spacial score (nSPS) is 13.4. The molecule has 0 spiro atoms. The molecule has 0 amide bonds. The van der Waals surface area contributed by atoms with Gasteiger partial charge in [0.05, 0.1) is 0 Å². The smallest absolute Gasteiger partial charge is 0.0292 e. The van der Waals surface area contributed by atoms with Crippen LogP contribution >= 0.6 is 0 Å². The van der Waals surface area contributed by atoms with Gasteiger partial charge in [0.1, 0.15) is 0 Å². The summed E-state index contributed by atoms with van der Waals surface area (Å²) in [6.45, 7) is 10.9. The third-order valence-corrected chi connectivity index (χ3v) is 3.37. The molecule has 1 rings (SSSR count). The first-order valence-electron chi connectivity index (χ1n) is 6.51. The fraction of sp³-hybridized carbons (Fsp3) is 0.600. The Balaban J connectivity index is 2.34. The summed E-state index contributed by atoms with van der Waals surface area (Å²) < 4.78 is 0. The van der Waals surface area contributed by atoms with E-state index in [4.69, 9.17) is 0 Å². The quantitative estimate of drug-likeness (QED) is 0.814. The minimum atomic E-state index is 0.427. The van der Waals surface area contributed by atoms with Crippen LogP contribution < -0.4 is 5.32 Å². The molecule has 1 aromatic carbocycles. The Morgan fingerprint density at radius 3 is 2.24 bits per heavy atom. The third kappa shape index (κ3) is 4.88. The van der Waals surface area contributed by atoms with Crippen LogP contribution in [0.3, 0.4) is 0 Å². The van der Waals surface area contributed by atoms with E-state index in [0.717, 1.165) is 13.1 Å². The Labute approximate surface area is 106 Å². The van der Waals surface area contributed by atoms with E-state index < -0.39 is 0 Å². The van der Waals surface area contributed by atoms with Gasteiger partial charge in [-0.1, -0.05) is 29.8 Å². The molecule has 0 saturated heterocycles. The summed E-state index contributed by atoms with van der Waals surface area (Å²) in [7, 11) is 2.17. The molecule has 0 aliphatic carbocycles. The number of hydrogen-bond donors (Lipinski definition) is 1. The minimum absolute atomic E-state index is 0.427. The summed E-state index contributed by atoms with van der Waals surface area (Å²) in [4.78, 5) is 2.36. The van der Waals surface area contributed by atoms with Crippen molar-refractivity contribution in [2.45, 2.75) is 39.8 Å². The van der Waals surface area contributed by atoms with Crippen LogP contribution in [0.2, 0.25) is 0 Å². The highest BCUT2D eigenvalue weighted by molar-refractivity contribution is 5.23. The molecule has 1 atom stereocenters. The number of nitrogens with zero attached hydrogens (tertiary/aromatic N) is 1. The Bertz CT molecular complexity index is 316. The molecule has 96 valence electrons. The van der Waals surface area contributed by atoms with E-state index >= 15 is 0 Å². The van der Waals surface area contributed by atoms with E-state index in [0.29, 0.717) is 12.1 Å². The van der Waals surface area contributed by atoms with Crippen LogP contribution in [-0.4, -0.2) is 31.1 Å². The van der Waals surface area contributed by atoms with Crippen LogP contribution in [0.15, 0.2) is 24.3 Å². The molecular formula is C15H26N2. The van der Waals surface area contributed by atoms with Crippen molar-refractivity contribution < 1.29 is 0 Å². The number of likely N-dealkylation sites (N-methyl/N-ethyl adjacent to an activating group) is 1. The zero-order chi connectivity index (χ0) is 12.8. The van der Waals surface area contributed by atoms with Crippen molar-refractivity contribution in [1.82, 2.24) is 10.2 Å². The van der Waals surface area contributed by atoms with E-state index in [-0.39, 0.29) is 0 Å². The number of hydrogen-bond acceptors (Lipinski definition) is 2. The topological polar surface area (TPSA) is 15.3 Å². The highest BCUT2D eigenvalue weighted by Gasteiger charge is 2.06. The molecule has 1 aromatic rings. The predicted molar refractivity (Wildman–Crippen MR) is 75.4 cm³/mol. The van der Waals surface area contributed by atoms with Gasteiger partial charge in [-0.2, -0.15) is 0 Å². The Morgan fingerprint density at radius 2 is 1.71 bits per heavy atom. The summed E-state index contributed by atoms with van der Waals surface area (Å²) in [6, 6.07) is 9.81. The highest BCUT2D eigenvalue weighted by atomic mass is 15.1. The maximum atomic E-state index is 3.56. The molecule has 1 unspecified atom stereocenters. The van der Waals surface area contributed by atoms with Crippen molar-refractivity contribution in [3.8, 4) is 0 Å². The lowest BCUT2D eigenvalue weighted by Crippen LogP contribution is -2.34. The van der Waals surface area contributed by atoms with Gasteiger partial charge in [0.25, 0.3) is 0 Å². The van der Waals surface area contributed by atoms with E-state index in [1.165, 1.54) is 11.1 Å². The summed E-state index contributed by atoms with van der Waals surface area (Å²) in [5.41, 5.74) is 2.68. The summed E-state index contributed by atoms with van der Waals surface area (Å²) in [5.74, 6) is 0. The van der Waals surface area contributed by atoms with Gasteiger partial charge in [-0.25, -0.2) is 0 Å². The average molecular weight is 234 g/mol. The molecule has 17 heavy (non-hydrogen) atoms. The lowest BCUT2D eigenvalue weighted by atomic mass is 10.1. The fourth-order valence-electron chi connectivity index (χ4n) is 1.69. The Morgan fingerprint density at radius 1 is 1.12 bits per heavy atom. The molecule has 0 saturated carbocycles. The van der Waals surface area contributed by atoms with E-state index in [1.54, 1.807) is 0 Å². The first-order chi connectivity index (χ1) is 8.00. The lowest BCUT2D eigenvalue weighted by Gasteiger charge is -2.22. The minimum Gasteiger partial charge on any atom is -0.309 e. The SMILES string of the molecule is Cc1ccc(C(C)NCCN(C)C(C)C)cc1. The Kier molecular flexibility index (Phi) is 5.66. The zero-order valence-corrected chi connectivity index (χ0v) is 11.8. The number of benzene rings is 1. The van der Waals surface area contributed by atoms with Crippen LogP contribution in [0, 0.1) is 6.92 Å². The molecule has 2 nitrogen and oxygen atoms in total. The maximum absolute atomic E-state index is 3.56. The molecule has 0 radical (unpaired) electrons. The van der Waals surface area contributed by atoms with Gasteiger partial charge in [-0.15, -0.1) is 0 Å². The molecule has 0 aromatic heterocycles. The molecule has 0 heterocycles.